The molecule has 29 heavy (non-hydrogen) atoms. The molecule has 1 fully saturated rings. The molecule has 1 aromatic heterocycles. The van der Waals surface area contributed by atoms with E-state index in [9.17, 15) is 0 Å². The Labute approximate surface area is 173 Å². The van der Waals surface area contributed by atoms with Crippen LogP contribution in [0.4, 0.5) is 0 Å². The molecule has 0 saturated heterocycles. The zero-order chi connectivity index (χ0) is 20.3. The van der Waals surface area contributed by atoms with Crippen LogP contribution in [0.2, 0.25) is 0 Å². The summed E-state index contributed by atoms with van der Waals surface area (Å²) < 4.78 is 2.22. The molecule has 1 unspecified atom stereocenters. The molecule has 0 bridgehead atoms. The molecule has 0 amide bonds. The number of fused-ring (bicyclic) bond motifs is 1. The van der Waals surface area contributed by atoms with Crippen LogP contribution in [0.5, 0.6) is 0 Å². The van der Waals surface area contributed by atoms with Gasteiger partial charge in [-0.1, -0.05) is 18.2 Å². The lowest BCUT2D eigenvalue weighted by atomic mass is 9.86. The van der Waals surface area contributed by atoms with Gasteiger partial charge in [-0.3, -0.25) is 5.32 Å². The highest BCUT2D eigenvalue weighted by atomic mass is 15.3. The summed E-state index contributed by atoms with van der Waals surface area (Å²) in [4.78, 5) is 4.92. The van der Waals surface area contributed by atoms with E-state index in [0.29, 0.717) is 6.04 Å². The average molecular weight is 395 g/mol. The number of benzene rings is 1. The highest BCUT2D eigenvalue weighted by molar-refractivity contribution is 5.84. The van der Waals surface area contributed by atoms with Crippen LogP contribution in [0, 0.1) is 5.92 Å². The van der Waals surface area contributed by atoms with Crippen LogP contribution in [-0.2, 0) is 13.6 Å². The maximum absolute atomic E-state index is 4.92. The van der Waals surface area contributed by atoms with Crippen molar-refractivity contribution in [3.05, 3.63) is 48.3 Å². The van der Waals surface area contributed by atoms with Crippen LogP contribution in [0.1, 0.15) is 38.2 Å². The first-order valence-electron chi connectivity index (χ1n) is 10.8. The fraction of sp³-hybridized carbons (Fsp3) is 0.522. The molecule has 156 valence electrons. The van der Waals surface area contributed by atoms with Crippen LogP contribution in [0.15, 0.2) is 47.7 Å². The van der Waals surface area contributed by atoms with Crippen molar-refractivity contribution in [3.8, 4) is 0 Å². The van der Waals surface area contributed by atoms with Crippen molar-refractivity contribution in [1.29, 1.82) is 0 Å². The van der Waals surface area contributed by atoms with Crippen LogP contribution in [-0.4, -0.2) is 35.8 Å². The molecule has 0 spiro atoms. The first-order valence-corrected chi connectivity index (χ1v) is 10.8. The topological polar surface area (TPSA) is 65.4 Å². The molecule has 1 aliphatic carbocycles. The van der Waals surface area contributed by atoms with Crippen molar-refractivity contribution >= 4 is 16.9 Å². The van der Waals surface area contributed by atoms with Gasteiger partial charge in [0.2, 0.25) is 0 Å². The lowest BCUT2D eigenvalue weighted by molar-refractivity contribution is 0.314. The number of para-hydroxylation sites is 1. The van der Waals surface area contributed by atoms with E-state index in [1.807, 2.05) is 13.2 Å². The van der Waals surface area contributed by atoms with Crippen LogP contribution in [0.3, 0.4) is 0 Å². The molecular weight excluding hydrogens is 360 g/mol. The molecular formula is C23H34N6. The average Bonchev–Trinajstić information content (AvgIpc) is 3.05. The summed E-state index contributed by atoms with van der Waals surface area (Å²) in [6, 6.07) is 9.05. The van der Waals surface area contributed by atoms with Crippen molar-refractivity contribution < 1.29 is 0 Å². The van der Waals surface area contributed by atoms with Crippen molar-refractivity contribution in [2.75, 3.05) is 13.6 Å². The summed E-state index contributed by atoms with van der Waals surface area (Å²) >= 11 is 0. The Morgan fingerprint density at radius 3 is 2.79 bits per heavy atom. The number of hydrogen-bond acceptors (Lipinski definition) is 3. The maximum atomic E-state index is 4.92. The predicted molar refractivity (Wildman–Crippen MR) is 121 cm³/mol. The Bertz CT molecular complexity index is 890. The zero-order valence-electron chi connectivity index (χ0n) is 17.8. The number of aryl methyl sites for hydroxylation is 1. The van der Waals surface area contributed by atoms with Crippen LogP contribution in [0.25, 0.3) is 10.9 Å². The molecule has 6 heteroatoms. The molecule has 1 atom stereocenters. The van der Waals surface area contributed by atoms with E-state index < -0.39 is 0 Å². The number of nitrogens with zero attached hydrogens (tertiary/aromatic N) is 2. The third kappa shape index (κ3) is 4.65. The molecule has 4 rings (SSSR count). The van der Waals surface area contributed by atoms with Gasteiger partial charge in [0.25, 0.3) is 0 Å². The van der Waals surface area contributed by atoms with Gasteiger partial charge in [-0.05, 0) is 69.8 Å². The Balaban J connectivity index is 1.24. The maximum Gasteiger partial charge on any atom is 0.197 e. The molecule has 6 nitrogen and oxygen atoms in total. The van der Waals surface area contributed by atoms with Gasteiger partial charge in [0, 0.05) is 36.9 Å². The second kappa shape index (κ2) is 8.59. The minimum atomic E-state index is -0.229. The Hall–Kier alpha value is -2.31. The van der Waals surface area contributed by atoms with E-state index in [2.05, 4.69) is 76.3 Å². The number of hydrogen-bond donors (Lipinski definition) is 4. The number of aliphatic imine (C=N–C) groups is 1. The minimum Gasteiger partial charge on any atom is -0.350 e. The second-order valence-corrected chi connectivity index (χ2v) is 8.62. The van der Waals surface area contributed by atoms with Crippen molar-refractivity contribution in [2.24, 2.45) is 18.0 Å². The summed E-state index contributed by atoms with van der Waals surface area (Å²) in [5.74, 6) is 1.62. The SMILES string of the molecule is CNC1(C)C=CNC(=NC2CCC(CNCc3cn(C)c4ccccc34)CC2)N1. The largest absolute Gasteiger partial charge is 0.350 e. The quantitative estimate of drug-likeness (QED) is 0.608. The smallest absolute Gasteiger partial charge is 0.197 e. The Morgan fingerprint density at radius 2 is 2.00 bits per heavy atom. The number of nitrogens with one attached hydrogen (secondary N) is 4. The van der Waals surface area contributed by atoms with E-state index in [4.69, 9.17) is 4.99 Å². The standard InChI is InChI=1S/C23H34N6/c1-23(24-2)12-13-26-22(28-23)27-19-10-8-17(9-11-19)14-25-15-18-16-29(3)21-7-5-4-6-20(18)21/h4-7,12-13,16-17,19,24-25H,8-11,14-15H2,1-3H3,(H2,26,27,28). The number of likely N-dealkylation sites (N-methyl/N-ethyl adjacent to an activating group) is 1. The van der Waals surface area contributed by atoms with Crippen molar-refractivity contribution in [1.82, 2.24) is 25.8 Å². The van der Waals surface area contributed by atoms with Gasteiger partial charge in [0.1, 0.15) is 5.66 Å². The highest BCUT2D eigenvalue weighted by Crippen LogP contribution is 2.26. The molecule has 1 aromatic carbocycles. The minimum absolute atomic E-state index is 0.229. The van der Waals surface area contributed by atoms with Gasteiger partial charge in [0.15, 0.2) is 5.96 Å². The fourth-order valence-corrected chi connectivity index (χ4v) is 4.46. The van der Waals surface area contributed by atoms with E-state index in [1.54, 1.807) is 0 Å². The molecule has 0 radical (unpaired) electrons. The third-order valence-electron chi connectivity index (χ3n) is 6.39. The van der Waals surface area contributed by atoms with Crippen molar-refractivity contribution in [3.63, 3.8) is 0 Å². The lowest BCUT2D eigenvalue weighted by Crippen LogP contribution is -2.59. The highest BCUT2D eigenvalue weighted by Gasteiger charge is 2.25. The molecule has 4 N–H and O–H groups in total. The van der Waals surface area contributed by atoms with Gasteiger partial charge in [-0.2, -0.15) is 0 Å². The molecule has 2 heterocycles. The molecule has 1 saturated carbocycles. The fourth-order valence-electron chi connectivity index (χ4n) is 4.46. The van der Waals surface area contributed by atoms with E-state index in [-0.39, 0.29) is 5.66 Å². The van der Waals surface area contributed by atoms with Gasteiger partial charge in [-0.15, -0.1) is 0 Å². The van der Waals surface area contributed by atoms with E-state index in [1.165, 1.54) is 29.3 Å². The number of aromatic nitrogens is 1. The monoisotopic (exact) mass is 394 g/mol. The molecule has 2 aromatic rings. The molecule has 2 aliphatic rings. The van der Waals surface area contributed by atoms with Gasteiger partial charge < -0.3 is 20.5 Å². The first-order chi connectivity index (χ1) is 14.1. The van der Waals surface area contributed by atoms with Crippen LogP contribution < -0.4 is 21.3 Å². The van der Waals surface area contributed by atoms with E-state index in [0.717, 1.165) is 37.8 Å². The third-order valence-corrected chi connectivity index (χ3v) is 6.39. The predicted octanol–water partition coefficient (Wildman–Crippen LogP) is 2.82. The van der Waals surface area contributed by atoms with Gasteiger partial charge in [0.05, 0.1) is 6.04 Å². The van der Waals surface area contributed by atoms with Crippen LogP contribution >= 0.6 is 0 Å². The van der Waals surface area contributed by atoms with Gasteiger partial charge >= 0.3 is 0 Å². The summed E-state index contributed by atoms with van der Waals surface area (Å²) in [6.45, 7) is 4.13. The Kier molecular flexibility index (Phi) is 5.92. The summed E-state index contributed by atoms with van der Waals surface area (Å²) in [7, 11) is 4.08. The summed E-state index contributed by atoms with van der Waals surface area (Å²) in [6.07, 6.45) is 11.1. The zero-order valence-corrected chi connectivity index (χ0v) is 17.8. The van der Waals surface area contributed by atoms with Crippen molar-refractivity contribution in [2.45, 2.75) is 50.9 Å². The van der Waals surface area contributed by atoms with Gasteiger partial charge in [-0.25, -0.2) is 4.99 Å². The Morgan fingerprint density at radius 1 is 1.21 bits per heavy atom. The number of rotatable bonds is 6. The molecule has 1 aliphatic heterocycles. The number of guanidine groups is 1. The first kappa shape index (κ1) is 20.0. The normalized spacial score (nSPS) is 28.4. The summed E-state index contributed by atoms with van der Waals surface area (Å²) in [5.41, 5.74) is 2.46. The summed E-state index contributed by atoms with van der Waals surface area (Å²) in [5, 5.41) is 15.0. The lowest BCUT2D eigenvalue weighted by Gasteiger charge is -2.33. The second-order valence-electron chi connectivity index (χ2n) is 8.62. The van der Waals surface area contributed by atoms with E-state index >= 15 is 0 Å².